The zero-order valence-corrected chi connectivity index (χ0v) is 20.2. The first-order chi connectivity index (χ1) is 13.6. The molecule has 0 spiro atoms. The highest BCUT2D eigenvalue weighted by atomic mass is 32.2. The normalized spacial score (nSPS) is 20.8. The summed E-state index contributed by atoms with van der Waals surface area (Å²) in [6, 6.07) is 5.84. The monoisotopic (exact) mass is 467 g/mol. The lowest BCUT2D eigenvalue weighted by molar-refractivity contribution is -0.0500. The Kier molecular flexibility index (Phi) is 7.38. The molecule has 0 N–H and O–H groups in total. The van der Waals surface area contributed by atoms with Gasteiger partial charge in [-0.05, 0) is 62.3 Å². The molecule has 1 heterocycles. The van der Waals surface area contributed by atoms with Crippen LogP contribution in [-0.4, -0.2) is 46.8 Å². The van der Waals surface area contributed by atoms with Crippen molar-refractivity contribution in [2.75, 3.05) is 13.6 Å². The molecule has 1 saturated heterocycles. The summed E-state index contributed by atoms with van der Waals surface area (Å²) in [4.78, 5) is 2.26. The number of nitrogens with zero attached hydrogens (tertiary/aromatic N) is 1. The van der Waals surface area contributed by atoms with Crippen molar-refractivity contribution in [3.8, 4) is 5.75 Å². The fourth-order valence-corrected chi connectivity index (χ4v) is 4.97. The van der Waals surface area contributed by atoms with Gasteiger partial charge in [0.1, 0.15) is 5.75 Å². The zero-order chi connectivity index (χ0) is 23.0. The molecule has 2 rings (SSSR count). The summed E-state index contributed by atoms with van der Waals surface area (Å²) < 4.78 is 71.2. The molecule has 0 unspecified atom stereocenters. The molecule has 0 radical (unpaired) electrons. The summed E-state index contributed by atoms with van der Waals surface area (Å²) in [7, 11) is -5.78. The SMILES string of the molecule is CN1CCCC[C@H]1[C@@H](O[Si](C)(C)C(C)(C)C)c1ccc(OS(=O)(=O)C(F)(F)F)cc1. The Bertz CT molecular complexity index is 820. The summed E-state index contributed by atoms with van der Waals surface area (Å²) in [5, 5.41) is -0.0116. The number of benzene rings is 1. The van der Waals surface area contributed by atoms with Gasteiger partial charge in [0.2, 0.25) is 0 Å². The Morgan fingerprint density at radius 3 is 2.13 bits per heavy atom. The number of hydrogen-bond donors (Lipinski definition) is 0. The number of likely N-dealkylation sites (N-methyl/N-ethyl adjacent to an activating group) is 1. The largest absolute Gasteiger partial charge is 0.534 e. The van der Waals surface area contributed by atoms with Crippen LogP contribution in [0.25, 0.3) is 0 Å². The van der Waals surface area contributed by atoms with E-state index in [0.717, 1.165) is 31.4 Å². The average Bonchev–Trinajstić information content (AvgIpc) is 2.59. The van der Waals surface area contributed by atoms with Crippen LogP contribution < -0.4 is 4.18 Å². The van der Waals surface area contributed by atoms with E-state index in [4.69, 9.17) is 4.43 Å². The smallest absolute Gasteiger partial charge is 0.408 e. The van der Waals surface area contributed by atoms with Gasteiger partial charge in [-0.25, -0.2) is 0 Å². The molecule has 10 heteroatoms. The summed E-state index contributed by atoms with van der Waals surface area (Å²) in [6.07, 6.45) is 2.89. The number of halogens is 3. The van der Waals surface area contributed by atoms with Crippen molar-refractivity contribution in [1.82, 2.24) is 4.90 Å². The van der Waals surface area contributed by atoms with Crippen molar-refractivity contribution in [2.45, 2.75) is 75.8 Å². The predicted molar refractivity (Wildman–Crippen MR) is 113 cm³/mol. The van der Waals surface area contributed by atoms with Crippen molar-refractivity contribution in [2.24, 2.45) is 0 Å². The molecule has 1 aromatic rings. The van der Waals surface area contributed by atoms with Gasteiger partial charge in [-0.1, -0.05) is 39.3 Å². The number of piperidine rings is 1. The van der Waals surface area contributed by atoms with E-state index < -0.39 is 23.9 Å². The first kappa shape index (κ1) is 25.2. The second-order valence-electron chi connectivity index (χ2n) is 9.39. The average molecular weight is 468 g/mol. The molecule has 0 saturated carbocycles. The Morgan fingerprint density at radius 2 is 1.67 bits per heavy atom. The van der Waals surface area contributed by atoms with Gasteiger partial charge in [-0.3, -0.25) is 0 Å². The van der Waals surface area contributed by atoms with Crippen LogP contribution in [0.5, 0.6) is 5.75 Å². The number of alkyl halides is 3. The molecular weight excluding hydrogens is 435 g/mol. The Balaban J connectivity index is 2.34. The Morgan fingerprint density at radius 1 is 1.10 bits per heavy atom. The van der Waals surface area contributed by atoms with Crippen LogP contribution in [0.4, 0.5) is 13.2 Å². The fourth-order valence-electron chi connectivity index (χ4n) is 3.23. The van der Waals surface area contributed by atoms with Crippen molar-refractivity contribution in [1.29, 1.82) is 0 Å². The van der Waals surface area contributed by atoms with E-state index in [9.17, 15) is 21.6 Å². The third kappa shape index (κ3) is 5.77. The minimum atomic E-state index is -5.69. The lowest BCUT2D eigenvalue weighted by Gasteiger charge is -2.45. The van der Waals surface area contributed by atoms with Gasteiger partial charge in [-0.15, -0.1) is 0 Å². The first-order valence-corrected chi connectivity index (χ1v) is 14.4. The van der Waals surface area contributed by atoms with Crippen molar-refractivity contribution in [3.63, 3.8) is 0 Å². The maximum Gasteiger partial charge on any atom is 0.534 e. The second kappa shape index (κ2) is 8.80. The number of hydrogen-bond acceptors (Lipinski definition) is 5. The van der Waals surface area contributed by atoms with Crippen molar-refractivity contribution >= 4 is 18.4 Å². The lowest BCUT2D eigenvalue weighted by Crippen LogP contribution is -2.48. The summed E-state index contributed by atoms with van der Waals surface area (Å²) in [5.41, 5.74) is -4.67. The van der Waals surface area contributed by atoms with Crippen LogP contribution in [0.2, 0.25) is 18.1 Å². The predicted octanol–water partition coefficient (Wildman–Crippen LogP) is 5.46. The van der Waals surface area contributed by atoms with Crippen LogP contribution in [0.15, 0.2) is 24.3 Å². The van der Waals surface area contributed by atoms with Gasteiger partial charge < -0.3 is 13.5 Å². The molecule has 30 heavy (non-hydrogen) atoms. The minimum Gasteiger partial charge on any atom is -0.408 e. The molecule has 172 valence electrons. The highest BCUT2D eigenvalue weighted by Crippen LogP contribution is 2.42. The minimum absolute atomic E-state index is 0.0116. The maximum absolute atomic E-state index is 12.6. The van der Waals surface area contributed by atoms with Gasteiger partial charge in [-0.2, -0.15) is 21.6 Å². The summed E-state index contributed by atoms with van der Waals surface area (Å²) in [6.45, 7) is 11.7. The van der Waals surface area contributed by atoms with E-state index in [1.807, 2.05) is 0 Å². The van der Waals surface area contributed by atoms with Gasteiger partial charge in [0.15, 0.2) is 8.32 Å². The molecule has 0 bridgehead atoms. The van der Waals surface area contributed by atoms with E-state index >= 15 is 0 Å². The van der Waals surface area contributed by atoms with E-state index in [1.54, 1.807) is 12.1 Å². The van der Waals surface area contributed by atoms with E-state index in [2.05, 4.69) is 50.0 Å². The van der Waals surface area contributed by atoms with Gasteiger partial charge in [0.25, 0.3) is 0 Å². The number of rotatable bonds is 6. The molecule has 2 atom stereocenters. The highest BCUT2D eigenvalue weighted by molar-refractivity contribution is 7.88. The lowest BCUT2D eigenvalue weighted by atomic mass is 9.93. The van der Waals surface area contributed by atoms with Crippen LogP contribution in [0, 0.1) is 0 Å². The van der Waals surface area contributed by atoms with Crippen molar-refractivity contribution < 1.29 is 30.2 Å². The number of likely N-dealkylation sites (tertiary alicyclic amines) is 1. The van der Waals surface area contributed by atoms with E-state index in [0.29, 0.717) is 0 Å². The Hall–Kier alpha value is -1.10. The summed E-state index contributed by atoms with van der Waals surface area (Å²) >= 11 is 0. The zero-order valence-electron chi connectivity index (χ0n) is 18.4. The van der Waals surface area contributed by atoms with Crippen LogP contribution in [-0.2, 0) is 14.5 Å². The van der Waals surface area contributed by atoms with Crippen LogP contribution in [0.3, 0.4) is 0 Å². The summed E-state index contributed by atoms with van der Waals surface area (Å²) in [5.74, 6) is -0.376. The molecule has 1 aromatic carbocycles. The first-order valence-electron chi connectivity index (χ1n) is 10.0. The topological polar surface area (TPSA) is 55.8 Å². The van der Waals surface area contributed by atoms with Crippen LogP contribution in [0.1, 0.15) is 51.7 Å². The Labute approximate surface area is 178 Å². The third-order valence-corrected chi connectivity index (χ3v) is 11.5. The molecule has 1 fully saturated rings. The van der Waals surface area contributed by atoms with Gasteiger partial charge in [0.05, 0.1) is 6.10 Å². The fraction of sp³-hybridized carbons (Fsp3) is 0.700. The van der Waals surface area contributed by atoms with Crippen LogP contribution >= 0.6 is 0 Å². The highest BCUT2D eigenvalue weighted by Gasteiger charge is 2.48. The standard InChI is InChI=1S/C20H32F3NO4SSi/c1-19(2,3)30(5,6)28-18(17-9-7-8-14-24(17)4)15-10-12-16(13-11-15)27-29(25,26)20(21,22)23/h10-13,17-18H,7-9,14H2,1-6H3/t17-,18-/m0/s1. The third-order valence-electron chi connectivity index (χ3n) is 6.10. The molecular formula is C20H32F3NO4SSi. The molecule has 1 aliphatic rings. The van der Waals surface area contributed by atoms with Gasteiger partial charge >= 0.3 is 15.6 Å². The van der Waals surface area contributed by atoms with E-state index in [-0.39, 0.29) is 22.9 Å². The van der Waals surface area contributed by atoms with Gasteiger partial charge in [0, 0.05) is 6.04 Å². The second-order valence-corrected chi connectivity index (χ2v) is 15.7. The molecule has 5 nitrogen and oxygen atoms in total. The van der Waals surface area contributed by atoms with Crippen molar-refractivity contribution in [3.05, 3.63) is 29.8 Å². The molecule has 0 amide bonds. The quantitative estimate of drug-likeness (QED) is 0.316. The molecule has 0 aromatic heterocycles. The maximum atomic E-state index is 12.6. The van der Waals surface area contributed by atoms with E-state index in [1.165, 1.54) is 12.1 Å². The molecule has 0 aliphatic carbocycles. The molecule has 1 aliphatic heterocycles.